The summed E-state index contributed by atoms with van der Waals surface area (Å²) in [6.45, 7) is 1.94. The van der Waals surface area contributed by atoms with Crippen molar-refractivity contribution in [3.8, 4) is 5.75 Å². The molecule has 0 fully saturated rings. The average molecular weight is 546 g/mol. The Morgan fingerprint density at radius 1 is 0.800 bits per heavy atom. The number of amides is 3. The maximum absolute atomic E-state index is 13.2. The van der Waals surface area contributed by atoms with Crippen molar-refractivity contribution >= 4 is 11.9 Å². The van der Waals surface area contributed by atoms with Crippen molar-refractivity contribution in [3.05, 3.63) is 102 Å². The number of carbonyl (C=O) groups is 2. The van der Waals surface area contributed by atoms with Crippen molar-refractivity contribution in [2.45, 2.75) is 50.7 Å². The Bertz CT molecular complexity index is 1130. The van der Waals surface area contributed by atoms with E-state index in [9.17, 15) is 9.59 Å². The number of ether oxygens (including phenoxy) is 1. The lowest BCUT2D eigenvalue weighted by atomic mass is 10.0. The lowest BCUT2D eigenvalue weighted by Crippen LogP contribution is -2.53. The number of methoxy groups -OCH3 is 1. The van der Waals surface area contributed by atoms with Gasteiger partial charge in [-0.1, -0.05) is 79.2 Å². The SMILES string of the molecule is COc1ccc(CCNC(=O)NC[C@H](Cc2ccccc2)N[C@@H](CCCCN)C(=O)NCc2ccccc2)cc1. The monoisotopic (exact) mass is 545 g/mol. The van der Waals surface area contributed by atoms with Crippen molar-refractivity contribution < 1.29 is 14.3 Å². The Kier molecular flexibility index (Phi) is 13.5. The molecule has 0 saturated carbocycles. The Labute approximate surface area is 238 Å². The van der Waals surface area contributed by atoms with Crippen LogP contribution < -0.4 is 31.7 Å². The van der Waals surface area contributed by atoms with Gasteiger partial charge in [0.05, 0.1) is 13.2 Å². The fourth-order valence-corrected chi connectivity index (χ4v) is 4.46. The number of rotatable bonds is 17. The van der Waals surface area contributed by atoms with Gasteiger partial charge in [0.2, 0.25) is 5.91 Å². The first-order valence-electron chi connectivity index (χ1n) is 14.0. The second-order valence-corrected chi connectivity index (χ2v) is 9.83. The predicted octanol–water partition coefficient (Wildman–Crippen LogP) is 3.55. The number of benzene rings is 3. The largest absolute Gasteiger partial charge is 0.497 e. The first-order chi connectivity index (χ1) is 19.6. The summed E-state index contributed by atoms with van der Waals surface area (Å²) in [5, 5.41) is 12.5. The predicted molar refractivity (Wildman–Crippen MR) is 160 cm³/mol. The summed E-state index contributed by atoms with van der Waals surface area (Å²) in [5.41, 5.74) is 9.01. The molecule has 214 valence electrons. The first kappa shape index (κ1) is 30.7. The maximum atomic E-state index is 13.2. The van der Waals surface area contributed by atoms with Gasteiger partial charge in [-0.15, -0.1) is 0 Å². The van der Waals surface area contributed by atoms with Crippen LogP contribution in [-0.2, 0) is 24.2 Å². The average Bonchev–Trinajstić information content (AvgIpc) is 2.99. The molecule has 3 rings (SSSR count). The third kappa shape index (κ3) is 11.5. The molecule has 8 nitrogen and oxygen atoms in total. The molecule has 0 bridgehead atoms. The summed E-state index contributed by atoms with van der Waals surface area (Å²) in [6, 6.07) is 27.0. The van der Waals surface area contributed by atoms with Gasteiger partial charge in [-0.2, -0.15) is 0 Å². The highest BCUT2D eigenvalue weighted by atomic mass is 16.5. The van der Waals surface area contributed by atoms with Crippen molar-refractivity contribution in [1.29, 1.82) is 0 Å². The van der Waals surface area contributed by atoms with Crippen LogP contribution in [0.5, 0.6) is 5.75 Å². The van der Waals surface area contributed by atoms with Crippen LogP contribution in [0.2, 0.25) is 0 Å². The molecule has 0 saturated heterocycles. The van der Waals surface area contributed by atoms with E-state index in [0.717, 1.165) is 35.3 Å². The minimum atomic E-state index is -0.399. The molecular formula is C32H43N5O3. The molecule has 2 atom stereocenters. The van der Waals surface area contributed by atoms with Gasteiger partial charge in [0.25, 0.3) is 0 Å². The van der Waals surface area contributed by atoms with E-state index in [4.69, 9.17) is 10.5 Å². The van der Waals surface area contributed by atoms with E-state index in [1.807, 2.05) is 72.8 Å². The number of hydrogen-bond acceptors (Lipinski definition) is 5. The molecule has 0 aliphatic rings. The van der Waals surface area contributed by atoms with Gasteiger partial charge < -0.3 is 31.7 Å². The molecule has 40 heavy (non-hydrogen) atoms. The van der Waals surface area contributed by atoms with Crippen LogP contribution in [0.3, 0.4) is 0 Å². The summed E-state index contributed by atoms with van der Waals surface area (Å²) in [6.07, 6.45) is 3.74. The van der Waals surface area contributed by atoms with Gasteiger partial charge in [-0.3, -0.25) is 4.79 Å². The second-order valence-electron chi connectivity index (χ2n) is 9.83. The second kappa shape index (κ2) is 17.7. The minimum absolute atomic E-state index is 0.0529. The molecule has 0 aromatic heterocycles. The van der Waals surface area contributed by atoms with E-state index in [-0.39, 0.29) is 18.0 Å². The van der Waals surface area contributed by atoms with E-state index in [2.05, 4.69) is 33.4 Å². The highest BCUT2D eigenvalue weighted by Crippen LogP contribution is 2.11. The van der Waals surface area contributed by atoms with Crippen molar-refractivity contribution in [3.63, 3.8) is 0 Å². The van der Waals surface area contributed by atoms with E-state index < -0.39 is 6.04 Å². The number of urea groups is 1. The summed E-state index contributed by atoms with van der Waals surface area (Å²) in [5.74, 6) is 0.754. The standard InChI is InChI=1S/C32H43N5O3/c1-40-29-17-15-25(16-18-29)19-21-34-32(39)36-24-28(22-26-10-4-2-5-11-26)37-30(14-8-9-20-33)31(38)35-23-27-12-6-3-7-13-27/h2-7,10-13,15-18,28,30,37H,8-9,14,19-24,33H2,1H3,(H,35,38)(H2,34,36,39)/t28-,30-/m0/s1. The molecule has 0 radical (unpaired) electrons. The molecule has 0 aliphatic heterocycles. The fraction of sp³-hybridized carbons (Fsp3) is 0.375. The highest BCUT2D eigenvalue weighted by molar-refractivity contribution is 5.81. The fourth-order valence-electron chi connectivity index (χ4n) is 4.46. The van der Waals surface area contributed by atoms with Crippen molar-refractivity contribution in [1.82, 2.24) is 21.3 Å². The molecule has 6 N–H and O–H groups in total. The zero-order chi connectivity index (χ0) is 28.4. The topological polar surface area (TPSA) is 118 Å². The van der Waals surface area contributed by atoms with Crippen LogP contribution in [0.4, 0.5) is 4.79 Å². The van der Waals surface area contributed by atoms with Gasteiger partial charge in [0, 0.05) is 25.7 Å². The zero-order valence-electron chi connectivity index (χ0n) is 23.4. The molecule has 0 aliphatic carbocycles. The van der Waals surface area contributed by atoms with Crippen LogP contribution in [0, 0.1) is 0 Å². The van der Waals surface area contributed by atoms with Crippen LogP contribution in [-0.4, -0.2) is 50.8 Å². The molecule has 0 spiro atoms. The van der Waals surface area contributed by atoms with Crippen molar-refractivity contribution in [2.24, 2.45) is 5.73 Å². The van der Waals surface area contributed by atoms with Crippen molar-refractivity contribution in [2.75, 3.05) is 26.7 Å². The molecule has 0 unspecified atom stereocenters. The number of hydrogen-bond donors (Lipinski definition) is 5. The quantitative estimate of drug-likeness (QED) is 0.166. The highest BCUT2D eigenvalue weighted by Gasteiger charge is 2.22. The Morgan fingerprint density at radius 3 is 2.12 bits per heavy atom. The number of carbonyl (C=O) groups excluding carboxylic acids is 2. The minimum Gasteiger partial charge on any atom is -0.497 e. The van der Waals surface area contributed by atoms with E-state index in [0.29, 0.717) is 45.4 Å². The molecule has 3 aromatic rings. The zero-order valence-corrected chi connectivity index (χ0v) is 23.4. The van der Waals surface area contributed by atoms with Crippen LogP contribution >= 0.6 is 0 Å². The van der Waals surface area contributed by atoms with Gasteiger partial charge in [-0.05, 0) is 61.1 Å². The van der Waals surface area contributed by atoms with Gasteiger partial charge in [0.1, 0.15) is 5.75 Å². The molecular weight excluding hydrogens is 502 g/mol. The van der Waals surface area contributed by atoms with Crippen LogP contribution in [0.15, 0.2) is 84.9 Å². The number of nitrogens with one attached hydrogen (secondary N) is 4. The van der Waals surface area contributed by atoms with E-state index in [1.54, 1.807) is 7.11 Å². The summed E-state index contributed by atoms with van der Waals surface area (Å²) >= 11 is 0. The van der Waals surface area contributed by atoms with Gasteiger partial charge in [-0.25, -0.2) is 4.79 Å². The molecule has 8 heteroatoms. The Hall–Kier alpha value is -3.88. The van der Waals surface area contributed by atoms with E-state index >= 15 is 0 Å². The lowest BCUT2D eigenvalue weighted by molar-refractivity contribution is -0.123. The third-order valence-electron chi connectivity index (χ3n) is 6.70. The first-order valence-corrected chi connectivity index (χ1v) is 14.0. The van der Waals surface area contributed by atoms with Crippen LogP contribution in [0.1, 0.15) is 36.0 Å². The smallest absolute Gasteiger partial charge is 0.314 e. The van der Waals surface area contributed by atoms with Gasteiger partial charge in [0.15, 0.2) is 0 Å². The third-order valence-corrected chi connectivity index (χ3v) is 6.70. The normalized spacial score (nSPS) is 12.2. The molecule has 0 heterocycles. The Balaban J connectivity index is 1.57. The van der Waals surface area contributed by atoms with E-state index in [1.165, 1.54) is 0 Å². The number of nitrogens with two attached hydrogens (primary N) is 1. The summed E-state index contributed by atoms with van der Waals surface area (Å²) in [7, 11) is 1.64. The van der Waals surface area contributed by atoms with Gasteiger partial charge >= 0.3 is 6.03 Å². The Morgan fingerprint density at radius 2 is 1.48 bits per heavy atom. The molecule has 3 aromatic carbocycles. The maximum Gasteiger partial charge on any atom is 0.314 e. The number of unbranched alkanes of at least 4 members (excludes halogenated alkanes) is 1. The summed E-state index contributed by atoms with van der Waals surface area (Å²) in [4.78, 5) is 25.9. The van der Waals surface area contributed by atoms with Crippen LogP contribution in [0.25, 0.3) is 0 Å². The molecule has 3 amide bonds. The lowest BCUT2D eigenvalue weighted by Gasteiger charge is -2.26. The summed E-state index contributed by atoms with van der Waals surface area (Å²) < 4.78 is 5.20.